The fraction of sp³-hybridized carbons (Fsp3) is 0.684. The van der Waals surface area contributed by atoms with Gasteiger partial charge in [-0.3, -0.25) is 0 Å². The number of ether oxygens (including phenoxy) is 1. The summed E-state index contributed by atoms with van der Waals surface area (Å²) in [5, 5.41) is 10.7. The summed E-state index contributed by atoms with van der Waals surface area (Å²) in [6.45, 7) is 3.18. The van der Waals surface area contributed by atoms with Crippen molar-refractivity contribution in [1.82, 2.24) is 4.90 Å². The van der Waals surface area contributed by atoms with Crippen LogP contribution in [-0.4, -0.2) is 47.6 Å². The number of likely N-dealkylation sites (tertiary alicyclic amines) is 1. The van der Waals surface area contributed by atoms with Crippen LogP contribution >= 0.6 is 12.0 Å². The minimum atomic E-state index is -0.518. The van der Waals surface area contributed by atoms with E-state index in [1.54, 1.807) is 5.57 Å². The third kappa shape index (κ3) is 1.78. The van der Waals surface area contributed by atoms with Gasteiger partial charge in [0, 0.05) is 35.1 Å². The summed E-state index contributed by atoms with van der Waals surface area (Å²) in [4.78, 5) is 2.51. The molecule has 2 aliphatic heterocycles. The Morgan fingerprint density at radius 2 is 2.29 bits per heavy atom. The molecule has 0 aromatic carbocycles. The molecule has 130 valence electrons. The molecular formula is C19H25NO3S. The van der Waals surface area contributed by atoms with E-state index in [-0.39, 0.29) is 11.5 Å². The number of allylic oxidation sites excluding steroid dienone is 2. The van der Waals surface area contributed by atoms with Gasteiger partial charge in [-0.1, -0.05) is 24.6 Å². The zero-order chi connectivity index (χ0) is 16.5. The molecular weight excluding hydrogens is 322 g/mol. The van der Waals surface area contributed by atoms with Gasteiger partial charge in [0.15, 0.2) is 11.5 Å². The first-order chi connectivity index (χ1) is 11.7. The van der Waals surface area contributed by atoms with Gasteiger partial charge in [-0.15, -0.1) is 0 Å². The quantitative estimate of drug-likeness (QED) is 0.628. The van der Waals surface area contributed by atoms with Crippen molar-refractivity contribution in [3.63, 3.8) is 0 Å². The van der Waals surface area contributed by atoms with Gasteiger partial charge >= 0.3 is 0 Å². The van der Waals surface area contributed by atoms with Crippen LogP contribution in [-0.2, 0) is 8.92 Å². The molecule has 5 atom stereocenters. The number of rotatable bonds is 3. The topological polar surface area (TPSA) is 41.9 Å². The Kier molecular flexibility index (Phi) is 3.39. The van der Waals surface area contributed by atoms with Gasteiger partial charge in [0.05, 0.1) is 12.0 Å². The number of hydrogen-bond donors (Lipinski definition) is 1. The number of aliphatic hydroxyl groups excluding tert-OH is 1. The first kappa shape index (κ1) is 15.4. The van der Waals surface area contributed by atoms with E-state index in [1.165, 1.54) is 17.6 Å². The van der Waals surface area contributed by atoms with Crippen LogP contribution in [0.2, 0.25) is 0 Å². The first-order valence-electron chi connectivity index (χ1n) is 9.15. The van der Waals surface area contributed by atoms with Gasteiger partial charge in [-0.2, -0.15) is 0 Å². The molecule has 2 saturated heterocycles. The number of piperidine rings is 1. The molecule has 0 aromatic heterocycles. The molecule has 0 aromatic rings. The van der Waals surface area contributed by atoms with Crippen LogP contribution in [0.25, 0.3) is 0 Å². The van der Waals surface area contributed by atoms with Crippen LogP contribution in [0, 0.1) is 11.3 Å². The third-order valence-corrected chi connectivity index (χ3v) is 7.27. The van der Waals surface area contributed by atoms with Crippen molar-refractivity contribution in [3.05, 3.63) is 34.8 Å². The number of hydrogen-bond acceptors (Lipinski definition) is 5. The summed E-state index contributed by atoms with van der Waals surface area (Å²) in [6.07, 6.45) is 7.77. The lowest BCUT2D eigenvalue weighted by molar-refractivity contribution is -0.0797. The minimum Gasteiger partial charge on any atom is -0.483 e. The second-order valence-corrected chi connectivity index (χ2v) is 8.68. The fourth-order valence-corrected chi connectivity index (χ4v) is 6.15. The molecule has 1 spiro atoms. The van der Waals surface area contributed by atoms with E-state index in [1.807, 2.05) is 6.08 Å². The van der Waals surface area contributed by atoms with E-state index >= 15 is 0 Å². The van der Waals surface area contributed by atoms with Crippen molar-refractivity contribution >= 4 is 12.0 Å². The van der Waals surface area contributed by atoms with Crippen LogP contribution in [0.5, 0.6) is 0 Å². The Bertz CT molecular complexity index is 670. The maximum absolute atomic E-state index is 10.7. The van der Waals surface area contributed by atoms with Gasteiger partial charge in [0.2, 0.25) is 0 Å². The highest BCUT2D eigenvalue weighted by molar-refractivity contribution is 7.94. The Hall–Kier alpha value is -0.910. The predicted molar refractivity (Wildman–Crippen MR) is 94.1 cm³/mol. The van der Waals surface area contributed by atoms with Crippen molar-refractivity contribution in [3.8, 4) is 0 Å². The van der Waals surface area contributed by atoms with Crippen LogP contribution in [0.3, 0.4) is 0 Å². The Labute approximate surface area is 147 Å². The lowest BCUT2D eigenvalue weighted by Gasteiger charge is -2.56. The molecule has 2 heterocycles. The molecule has 5 aliphatic rings. The molecule has 4 nitrogen and oxygen atoms in total. The molecule has 5 heteroatoms. The normalized spacial score (nSPS) is 43.0. The summed E-state index contributed by atoms with van der Waals surface area (Å²) in [5.41, 5.74) is 2.92. The molecule has 5 rings (SSSR count). The third-order valence-electron chi connectivity index (χ3n) is 6.72. The van der Waals surface area contributed by atoms with E-state index in [0.717, 1.165) is 49.5 Å². The van der Waals surface area contributed by atoms with Gasteiger partial charge in [-0.25, -0.2) is 0 Å². The van der Waals surface area contributed by atoms with E-state index in [0.29, 0.717) is 12.0 Å². The molecule has 0 radical (unpaired) electrons. The lowest BCUT2D eigenvalue weighted by atomic mass is 9.52. The largest absolute Gasteiger partial charge is 0.483 e. The van der Waals surface area contributed by atoms with Crippen molar-refractivity contribution < 1.29 is 14.0 Å². The maximum Gasteiger partial charge on any atom is 0.162 e. The van der Waals surface area contributed by atoms with Gasteiger partial charge in [0.1, 0.15) is 12.2 Å². The summed E-state index contributed by atoms with van der Waals surface area (Å²) in [6, 6.07) is 0.541. The molecule has 24 heavy (non-hydrogen) atoms. The van der Waals surface area contributed by atoms with Crippen molar-refractivity contribution in [2.45, 2.75) is 50.9 Å². The standard InChI is InChI=1S/C19H25NO3S/c1-3-24-23-15-7-4-11-10-13-12-5-6-14(21)18-19(12,8-9-20(13)2)16(11)17(15)22-18/h5-6,12-14,18,21H,3-4,7-10H2,1-2H3/t12-,13+,14-,18-,19-/m0/s1. The van der Waals surface area contributed by atoms with E-state index < -0.39 is 6.10 Å². The predicted octanol–water partition coefficient (Wildman–Crippen LogP) is 3.01. The van der Waals surface area contributed by atoms with E-state index in [2.05, 4.69) is 24.9 Å². The number of aliphatic hydroxyl groups is 1. The zero-order valence-electron chi connectivity index (χ0n) is 14.3. The van der Waals surface area contributed by atoms with Gasteiger partial charge in [-0.05, 0) is 32.9 Å². The highest BCUT2D eigenvalue weighted by Crippen LogP contribution is 2.65. The maximum atomic E-state index is 10.7. The highest BCUT2D eigenvalue weighted by atomic mass is 32.2. The second-order valence-electron chi connectivity index (χ2n) is 7.70. The van der Waals surface area contributed by atoms with Gasteiger partial charge < -0.3 is 18.9 Å². The molecule has 1 N–H and O–H groups in total. The van der Waals surface area contributed by atoms with Gasteiger partial charge in [0.25, 0.3) is 0 Å². The van der Waals surface area contributed by atoms with Crippen molar-refractivity contribution in [1.29, 1.82) is 0 Å². The van der Waals surface area contributed by atoms with Crippen LogP contribution in [0.1, 0.15) is 32.6 Å². The van der Waals surface area contributed by atoms with Crippen LogP contribution in [0.15, 0.2) is 34.8 Å². The molecule has 0 unspecified atom stereocenters. The number of nitrogens with zero attached hydrogens (tertiary/aromatic N) is 1. The fourth-order valence-electron chi connectivity index (χ4n) is 5.74. The summed E-state index contributed by atoms with van der Waals surface area (Å²) in [7, 11) is 2.25. The molecule has 3 aliphatic carbocycles. The highest BCUT2D eigenvalue weighted by Gasteiger charge is 2.65. The SMILES string of the molecule is CCSOC1=C2O[C@H]3[C@@H](O)C=C[C@H]4[C@H]5CC(=C2[C@]43CCN5C)CC1. The Morgan fingerprint density at radius 1 is 1.42 bits per heavy atom. The molecule has 0 amide bonds. The smallest absolute Gasteiger partial charge is 0.162 e. The summed E-state index contributed by atoms with van der Waals surface area (Å²) in [5.74, 6) is 3.33. The average molecular weight is 347 g/mol. The Balaban J connectivity index is 1.69. The summed E-state index contributed by atoms with van der Waals surface area (Å²) >= 11 is 1.49. The average Bonchev–Trinajstić information content (AvgIpc) is 2.94. The zero-order valence-corrected chi connectivity index (χ0v) is 15.1. The Morgan fingerprint density at radius 3 is 3.12 bits per heavy atom. The lowest BCUT2D eigenvalue weighted by Crippen LogP contribution is -2.61. The van der Waals surface area contributed by atoms with Crippen LogP contribution < -0.4 is 0 Å². The molecule has 0 saturated carbocycles. The van der Waals surface area contributed by atoms with E-state index in [4.69, 9.17) is 8.92 Å². The van der Waals surface area contributed by atoms with Crippen molar-refractivity contribution in [2.24, 2.45) is 11.3 Å². The molecule has 2 bridgehead atoms. The minimum absolute atomic E-state index is 0.0415. The monoisotopic (exact) mass is 347 g/mol. The van der Waals surface area contributed by atoms with Crippen molar-refractivity contribution in [2.75, 3.05) is 19.3 Å². The molecule has 2 fully saturated rings. The van der Waals surface area contributed by atoms with Crippen LogP contribution in [0.4, 0.5) is 0 Å². The van der Waals surface area contributed by atoms with E-state index in [9.17, 15) is 5.11 Å². The second kappa shape index (κ2) is 5.29. The summed E-state index contributed by atoms with van der Waals surface area (Å²) < 4.78 is 12.4. The first-order valence-corrected chi connectivity index (χ1v) is 10.1.